The normalized spacial score (nSPS) is 17.6. The lowest BCUT2D eigenvalue weighted by atomic mass is 9.97. The number of hydrogen-bond donors (Lipinski definition) is 1. The van der Waals surface area contributed by atoms with Crippen LogP contribution in [0.2, 0.25) is 0 Å². The fourth-order valence-corrected chi connectivity index (χ4v) is 3.48. The molecule has 1 aliphatic rings. The van der Waals surface area contributed by atoms with Gasteiger partial charge in [0.1, 0.15) is 0 Å². The smallest absolute Gasteiger partial charge is 0.303 e. The predicted molar refractivity (Wildman–Crippen MR) is 80.1 cm³/mol. The molecule has 1 aromatic heterocycles. The van der Waals surface area contributed by atoms with E-state index in [9.17, 15) is 4.79 Å². The Labute approximate surface area is 119 Å². The Bertz CT molecular complexity index is 623. The maximum Gasteiger partial charge on any atom is 0.303 e. The summed E-state index contributed by atoms with van der Waals surface area (Å²) in [5.74, 6) is -0.671. The fraction of sp³-hybridized carbons (Fsp3) is 0.471. The zero-order valence-corrected chi connectivity index (χ0v) is 11.9. The van der Waals surface area contributed by atoms with E-state index in [1.54, 1.807) is 0 Å². The summed E-state index contributed by atoms with van der Waals surface area (Å²) in [6.07, 6.45) is 7.48. The van der Waals surface area contributed by atoms with E-state index >= 15 is 0 Å². The van der Waals surface area contributed by atoms with E-state index in [1.165, 1.54) is 42.1 Å². The van der Waals surface area contributed by atoms with Crippen LogP contribution in [0, 0.1) is 0 Å². The molecule has 1 saturated carbocycles. The van der Waals surface area contributed by atoms with Crippen molar-refractivity contribution in [3.05, 3.63) is 36.0 Å². The van der Waals surface area contributed by atoms with E-state index in [0.29, 0.717) is 6.04 Å². The van der Waals surface area contributed by atoms with Crippen molar-refractivity contribution in [3.63, 3.8) is 0 Å². The highest BCUT2D eigenvalue weighted by molar-refractivity contribution is 5.85. The monoisotopic (exact) mass is 271 g/mol. The molecule has 106 valence electrons. The molecule has 0 spiro atoms. The second-order valence-electron chi connectivity index (χ2n) is 5.95. The van der Waals surface area contributed by atoms with Crippen LogP contribution in [0.1, 0.15) is 56.6 Å². The first-order valence-corrected chi connectivity index (χ1v) is 7.48. The van der Waals surface area contributed by atoms with Crippen LogP contribution >= 0.6 is 0 Å². The molecule has 3 nitrogen and oxygen atoms in total. The van der Waals surface area contributed by atoms with Crippen LogP contribution in [-0.2, 0) is 4.79 Å². The Morgan fingerprint density at radius 2 is 2.05 bits per heavy atom. The third-order valence-electron chi connectivity index (χ3n) is 4.50. The molecule has 0 aliphatic heterocycles. The van der Waals surface area contributed by atoms with E-state index in [-0.39, 0.29) is 12.3 Å². The van der Waals surface area contributed by atoms with Crippen molar-refractivity contribution in [2.24, 2.45) is 0 Å². The van der Waals surface area contributed by atoms with Crippen LogP contribution in [0.15, 0.2) is 30.5 Å². The fourth-order valence-electron chi connectivity index (χ4n) is 3.48. The molecule has 3 heteroatoms. The quantitative estimate of drug-likeness (QED) is 0.899. The van der Waals surface area contributed by atoms with E-state index < -0.39 is 5.97 Å². The second-order valence-corrected chi connectivity index (χ2v) is 5.95. The van der Waals surface area contributed by atoms with Gasteiger partial charge in [0.05, 0.1) is 6.42 Å². The van der Waals surface area contributed by atoms with E-state index in [0.717, 1.165) is 0 Å². The molecule has 1 atom stereocenters. The average molecular weight is 271 g/mol. The van der Waals surface area contributed by atoms with Crippen molar-refractivity contribution in [3.8, 4) is 0 Å². The van der Waals surface area contributed by atoms with Gasteiger partial charge in [0.15, 0.2) is 0 Å². The van der Waals surface area contributed by atoms with Gasteiger partial charge in [-0.3, -0.25) is 4.79 Å². The van der Waals surface area contributed by atoms with Crippen LogP contribution in [-0.4, -0.2) is 15.6 Å². The molecular formula is C17H21NO2. The Balaban J connectivity index is 2.06. The molecule has 1 heterocycles. The van der Waals surface area contributed by atoms with Crippen molar-refractivity contribution in [2.45, 2.75) is 51.0 Å². The second kappa shape index (κ2) is 5.31. The lowest BCUT2D eigenvalue weighted by Gasteiger charge is -2.13. The van der Waals surface area contributed by atoms with Gasteiger partial charge in [-0.05, 0) is 30.4 Å². The van der Waals surface area contributed by atoms with Crippen LogP contribution in [0.25, 0.3) is 10.9 Å². The van der Waals surface area contributed by atoms with E-state index in [1.807, 2.05) is 13.0 Å². The molecule has 0 amide bonds. The highest BCUT2D eigenvalue weighted by Crippen LogP contribution is 2.36. The summed E-state index contributed by atoms with van der Waals surface area (Å²) < 4.78 is 2.38. The first-order chi connectivity index (χ1) is 9.66. The minimum Gasteiger partial charge on any atom is -0.481 e. The first-order valence-electron chi connectivity index (χ1n) is 7.48. The molecule has 1 fully saturated rings. The maximum absolute atomic E-state index is 11.0. The predicted octanol–water partition coefficient (Wildman–Crippen LogP) is 4.33. The number of para-hydroxylation sites is 1. The molecule has 0 bridgehead atoms. The van der Waals surface area contributed by atoms with Crippen LogP contribution in [0.3, 0.4) is 0 Å². The van der Waals surface area contributed by atoms with Gasteiger partial charge < -0.3 is 9.67 Å². The lowest BCUT2D eigenvalue weighted by Crippen LogP contribution is -2.04. The highest BCUT2D eigenvalue weighted by Gasteiger charge is 2.22. The lowest BCUT2D eigenvalue weighted by molar-refractivity contribution is -0.137. The number of rotatable bonds is 4. The molecule has 2 aromatic rings. The molecule has 0 radical (unpaired) electrons. The number of hydrogen-bond acceptors (Lipinski definition) is 1. The number of benzene rings is 1. The number of fused-ring (bicyclic) bond motifs is 1. The topological polar surface area (TPSA) is 42.2 Å². The summed E-state index contributed by atoms with van der Waals surface area (Å²) in [5, 5.41) is 10.2. The Morgan fingerprint density at radius 1 is 1.35 bits per heavy atom. The number of nitrogens with zero attached hydrogens (tertiary/aromatic N) is 1. The molecule has 1 aromatic carbocycles. The van der Waals surface area contributed by atoms with Gasteiger partial charge in [0.2, 0.25) is 0 Å². The van der Waals surface area contributed by atoms with Crippen molar-refractivity contribution >= 4 is 16.9 Å². The third-order valence-corrected chi connectivity index (χ3v) is 4.50. The van der Waals surface area contributed by atoms with Crippen molar-refractivity contribution in [2.75, 3.05) is 0 Å². The molecule has 0 saturated heterocycles. The van der Waals surface area contributed by atoms with Gasteiger partial charge in [0, 0.05) is 23.1 Å². The number of carbonyl (C=O) groups is 1. The van der Waals surface area contributed by atoms with Crippen LogP contribution < -0.4 is 0 Å². The van der Waals surface area contributed by atoms with E-state index in [4.69, 9.17) is 5.11 Å². The number of aromatic nitrogens is 1. The molecular weight excluding hydrogens is 250 g/mol. The van der Waals surface area contributed by atoms with Crippen molar-refractivity contribution in [1.29, 1.82) is 0 Å². The van der Waals surface area contributed by atoms with Crippen LogP contribution in [0.4, 0.5) is 0 Å². The molecule has 1 aliphatic carbocycles. The maximum atomic E-state index is 11.0. The summed E-state index contributed by atoms with van der Waals surface area (Å²) in [7, 11) is 0. The summed E-state index contributed by atoms with van der Waals surface area (Å²) in [5.41, 5.74) is 2.43. The SMILES string of the molecule is CC(CC(=O)O)c1cn(C2CCCC2)c2ccccc12. The summed E-state index contributed by atoms with van der Waals surface area (Å²) in [6.45, 7) is 2.01. The summed E-state index contributed by atoms with van der Waals surface area (Å²) in [6, 6.07) is 8.97. The highest BCUT2D eigenvalue weighted by atomic mass is 16.4. The molecule has 1 unspecified atom stereocenters. The summed E-state index contributed by atoms with van der Waals surface area (Å²) in [4.78, 5) is 11.0. The Hall–Kier alpha value is -1.77. The first kappa shape index (κ1) is 13.2. The Kier molecular flexibility index (Phi) is 3.51. The van der Waals surface area contributed by atoms with Gasteiger partial charge in [-0.2, -0.15) is 0 Å². The van der Waals surface area contributed by atoms with E-state index in [2.05, 4.69) is 29.0 Å². The van der Waals surface area contributed by atoms with Crippen molar-refractivity contribution < 1.29 is 9.90 Å². The molecule has 3 rings (SSSR count). The Morgan fingerprint density at radius 3 is 2.75 bits per heavy atom. The number of carboxylic acid groups (broad SMARTS) is 1. The van der Waals surface area contributed by atoms with Gasteiger partial charge in [-0.1, -0.05) is 38.0 Å². The number of aliphatic carboxylic acids is 1. The van der Waals surface area contributed by atoms with Crippen molar-refractivity contribution in [1.82, 2.24) is 4.57 Å². The van der Waals surface area contributed by atoms with Gasteiger partial charge in [-0.15, -0.1) is 0 Å². The minimum absolute atomic E-state index is 0.0556. The summed E-state index contributed by atoms with van der Waals surface area (Å²) >= 11 is 0. The average Bonchev–Trinajstić information content (AvgIpc) is 3.04. The third kappa shape index (κ3) is 2.33. The number of carboxylic acids is 1. The van der Waals surface area contributed by atoms with Gasteiger partial charge >= 0.3 is 5.97 Å². The van der Waals surface area contributed by atoms with Crippen LogP contribution in [0.5, 0.6) is 0 Å². The largest absolute Gasteiger partial charge is 0.481 e. The van der Waals surface area contributed by atoms with Gasteiger partial charge in [-0.25, -0.2) is 0 Å². The zero-order chi connectivity index (χ0) is 14.1. The zero-order valence-electron chi connectivity index (χ0n) is 11.9. The minimum atomic E-state index is -0.727. The van der Waals surface area contributed by atoms with Gasteiger partial charge in [0.25, 0.3) is 0 Å². The standard InChI is InChI=1S/C17H21NO2/c1-12(10-17(19)20)15-11-18(13-6-2-3-7-13)16-9-5-4-8-14(15)16/h4-5,8-9,11-13H,2-3,6-7,10H2,1H3,(H,19,20). The molecule has 1 N–H and O–H groups in total. The molecule has 20 heavy (non-hydrogen) atoms.